The van der Waals surface area contributed by atoms with Crippen molar-refractivity contribution in [2.24, 2.45) is 0 Å². The van der Waals surface area contributed by atoms with Crippen molar-refractivity contribution in [2.45, 2.75) is 18.0 Å². The van der Waals surface area contributed by atoms with Crippen molar-refractivity contribution >= 4 is 11.1 Å². The molecule has 38 heavy (non-hydrogen) atoms. The van der Waals surface area contributed by atoms with E-state index < -0.39 is 17.2 Å². The largest absolute Gasteiger partial charge is 0.416 e. The fourth-order valence-electron chi connectivity index (χ4n) is 5.89. The van der Waals surface area contributed by atoms with E-state index >= 15 is 0 Å². The Balaban J connectivity index is 1.79. The predicted molar refractivity (Wildman–Crippen MR) is 148 cm³/mol. The standard InChI is InChI=1S/C35H25F3/c36-35(37,38)29-21-22-31-30(23-29)32(26-15-7-2-8-16-26)33(27-17-9-3-10-18-27)34(31,28-19-11-4-12-20-28)24-25-13-5-1-6-14-25/h1-23H,24H2. The van der Waals surface area contributed by atoms with Crippen LogP contribution in [0.1, 0.15) is 38.9 Å². The average molecular weight is 503 g/mol. The minimum atomic E-state index is -4.44. The van der Waals surface area contributed by atoms with Crippen molar-refractivity contribution in [3.8, 4) is 0 Å². The van der Waals surface area contributed by atoms with Crippen LogP contribution in [0.25, 0.3) is 11.1 Å². The maximum atomic E-state index is 14.1. The van der Waals surface area contributed by atoms with Gasteiger partial charge < -0.3 is 0 Å². The third-order valence-electron chi connectivity index (χ3n) is 7.46. The van der Waals surface area contributed by atoms with Gasteiger partial charge in [-0.2, -0.15) is 13.2 Å². The second-order valence-electron chi connectivity index (χ2n) is 9.67. The summed E-state index contributed by atoms with van der Waals surface area (Å²) in [6.07, 6.45) is -3.84. The van der Waals surface area contributed by atoms with Crippen molar-refractivity contribution < 1.29 is 13.2 Å². The van der Waals surface area contributed by atoms with Gasteiger partial charge in [0.1, 0.15) is 0 Å². The molecule has 3 heteroatoms. The molecular weight excluding hydrogens is 477 g/mol. The van der Waals surface area contributed by atoms with Crippen LogP contribution in [0.3, 0.4) is 0 Å². The van der Waals surface area contributed by atoms with E-state index in [1.165, 1.54) is 12.1 Å². The summed E-state index contributed by atoms with van der Waals surface area (Å²) in [6, 6.07) is 44.6. The van der Waals surface area contributed by atoms with Crippen LogP contribution in [0.5, 0.6) is 0 Å². The van der Waals surface area contributed by atoms with E-state index in [4.69, 9.17) is 0 Å². The molecule has 0 saturated heterocycles. The highest BCUT2D eigenvalue weighted by atomic mass is 19.4. The number of alkyl halides is 3. The highest BCUT2D eigenvalue weighted by molar-refractivity contribution is 6.09. The highest BCUT2D eigenvalue weighted by Crippen LogP contribution is 2.58. The van der Waals surface area contributed by atoms with Crippen LogP contribution in [0.15, 0.2) is 140 Å². The quantitative estimate of drug-likeness (QED) is 0.225. The zero-order chi connectivity index (χ0) is 26.2. The maximum absolute atomic E-state index is 14.1. The van der Waals surface area contributed by atoms with Crippen molar-refractivity contribution in [2.75, 3.05) is 0 Å². The Morgan fingerprint density at radius 3 is 1.66 bits per heavy atom. The van der Waals surface area contributed by atoms with Gasteiger partial charge in [-0.25, -0.2) is 0 Å². The van der Waals surface area contributed by atoms with Crippen LogP contribution in [-0.2, 0) is 18.0 Å². The number of benzene rings is 5. The van der Waals surface area contributed by atoms with Crippen molar-refractivity contribution in [3.05, 3.63) is 178 Å². The van der Waals surface area contributed by atoms with E-state index in [0.717, 1.165) is 39.0 Å². The molecule has 186 valence electrons. The summed E-state index contributed by atoms with van der Waals surface area (Å²) in [5, 5.41) is 0. The van der Waals surface area contributed by atoms with Gasteiger partial charge in [-0.15, -0.1) is 0 Å². The number of hydrogen-bond acceptors (Lipinski definition) is 0. The molecule has 0 fully saturated rings. The number of halogens is 3. The van der Waals surface area contributed by atoms with E-state index in [-0.39, 0.29) is 0 Å². The summed E-state index contributed by atoms with van der Waals surface area (Å²) < 4.78 is 42.2. The second-order valence-corrected chi connectivity index (χ2v) is 9.67. The molecule has 0 heterocycles. The lowest BCUT2D eigenvalue weighted by molar-refractivity contribution is -0.137. The lowest BCUT2D eigenvalue weighted by atomic mass is 9.66. The Labute approximate surface area is 220 Å². The molecule has 0 nitrogen and oxygen atoms in total. The first-order valence-corrected chi connectivity index (χ1v) is 12.7. The summed E-state index contributed by atoms with van der Waals surface area (Å²) in [4.78, 5) is 0. The molecular formula is C35H25F3. The van der Waals surface area contributed by atoms with Gasteiger partial charge in [0, 0.05) is 0 Å². The Morgan fingerprint density at radius 2 is 1.08 bits per heavy atom. The first-order valence-electron chi connectivity index (χ1n) is 12.7. The third kappa shape index (κ3) is 4.05. The van der Waals surface area contributed by atoms with Crippen LogP contribution in [0.4, 0.5) is 13.2 Å². The molecule has 0 bridgehead atoms. The fraction of sp³-hybridized carbons (Fsp3) is 0.0857. The van der Waals surface area contributed by atoms with Gasteiger partial charge in [0.2, 0.25) is 0 Å². The van der Waals surface area contributed by atoms with E-state index in [1.807, 2.05) is 84.9 Å². The maximum Gasteiger partial charge on any atom is 0.416 e. The van der Waals surface area contributed by atoms with Crippen LogP contribution in [0.2, 0.25) is 0 Å². The zero-order valence-corrected chi connectivity index (χ0v) is 20.6. The van der Waals surface area contributed by atoms with E-state index in [0.29, 0.717) is 12.0 Å². The van der Waals surface area contributed by atoms with Crippen LogP contribution < -0.4 is 0 Å². The van der Waals surface area contributed by atoms with Gasteiger partial charge in [-0.3, -0.25) is 0 Å². The second kappa shape index (κ2) is 9.50. The fourth-order valence-corrected chi connectivity index (χ4v) is 5.89. The molecule has 0 spiro atoms. The molecule has 1 atom stereocenters. The van der Waals surface area contributed by atoms with Crippen molar-refractivity contribution in [1.82, 2.24) is 0 Å². The van der Waals surface area contributed by atoms with E-state index in [9.17, 15) is 13.2 Å². The van der Waals surface area contributed by atoms with Crippen LogP contribution >= 0.6 is 0 Å². The number of rotatable bonds is 5. The molecule has 0 amide bonds. The van der Waals surface area contributed by atoms with Crippen molar-refractivity contribution in [1.29, 1.82) is 0 Å². The third-order valence-corrected chi connectivity index (χ3v) is 7.46. The first kappa shape index (κ1) is 24.0. The molecule has 0 saturated carbocycles. The van der Waals surface area contributed by atoms with Crippen LogP contribution in [0, 0.1) is 0 Å². The molecule has 0 N–H and O–H groups in total. The molecule has 0 aliphatic heterocycles. The number of fused-ring (bicyclic) bond motifs is 1. The van der Waals surface area contributed by atoms with Crippen molar-refractivity contribution in [3.63, 3.8) is 0 Å². The lowest BCUT2D eigenvalue weighted by Crippen LogP contribution is -2.30. The van der Waals surface area contributed by atoms with Gasteiger partial charge in [-0.1, -0.05) is 127 Å². The SMILES string of the molecule is FC(F)(F)c1ccc2c(c1)C(c1ccccc1)=C(c1ccccc1)C2(Cc1ccccc1)c1ccccc1. The summed E-state index contributed by atoms with van der Waals surface area (Å²) in [6.45, 7) is 0. The van der Waals surface area contributed by atoms with E-state index in [2.05, 4.69) is 36.4 Å². The Bertz CT molecular complexity index is 1590. The molecule has 0 aromatic heterocycles. The topological polar surface area (TPSA) is 0 Å². The van der Waals surface area contributed by atoms with Gasteiger partial charge in [-0.05, 0) is 63.1 Å². The Kier molecular flexibility index (Phi) is 6.00. The molecule has 6 rings (SSSR count). The minimum Gasteiger partial charge on any atom is -0.166 e. The molecule has 1 unspecified atom stereocenters. The average Bonchev–Trinajstić information content (AvgIpc) is 3.25. The molecule has 1 aliphatic rings. The van der Waals surface area contributed by atoms with E-state index in [1.54, 1.807) is 6.07 Å². The smallest absolute Gasteiger partial charge is 0.166 e. The summed E-state index contributed by atoms with van der Waals surface area (Å²) >= 11 is 0. The summed E-state index contributed by atoms with van der Waals surface area (Å²) in [7, 11) is 0. The van der Waals surface area contributed by atoms with Gasteiger partial charge >= 0.3 is 6.18 Å². The van der Waals surface area contributed by atoms with Crippen LogP contribution in [-0.4, -0.2) is 0 Å². The number of hydrogen-bond donors (Lipinski definition) is 0. The van der Waals surface area contributed by atoms with Gasteiger partial charge in [0.05, 0.1) is 11.0 Å². The Hall–Kier alpha value is -4.37. The van der Waals surface area contributed by atoms with Gasteiger partial charge in [0.25, 0.3) is 0 Å². The monoisotopic (exact) mass is 502 g/mol. The molecule has 5 aromatic carbocycles. The Morgan fingerprint density at radius 1 is 0.553 bits per heavy atom. The minimum absolute atomic E-state index is 0.608. The summed E-state index contributed by atoms with van der Waals surface area (Å²) in [5.41, 5.74) is 6.11. The molecule has 5 aromatic rings. The zero-order valence-electron chi connectivity index (χ0n) is 20.6. The molecule has 0 radical (unpaired) electrons. The molecule has 1 aliphatic carbocycles. The first-order chi connectivity index (χ1) is 18.5. The predicted octanol–water partition coefficient (Wildman–Crippen LogP) is 9.21. The highest BCUT2D eigenvalue weighted by Gasteiger charge is 2.48. The van der Waals surface area contributed by atoms with Gasteiger partial charge in [0.15, 0.2) is 0 Å². The lowest BCUT2D eigenvalue weighted by Gasteiger charge is -2.36. The normalized spacial score (nSPS) is 16.9. The summed E-state index contributed by atoms with van der Waals surface area (Å²) in [5.74, 6) is 0. The number of allylic oxidation sites excluding steroid dienone is 1.